The lowest BCUT2D eigenvalue weighted by Gasteiger charge is -2.14. The molecule has 6 heteroatoms. The largest absolute Gasteiger partial charge is 0.507 e. The molecule has 2 aromatic rings. The highest BCUT2D eigenvalue weighted by Crippen LogP contribution is 2.33. The molecule has 2 aromatic carbocycles. The van der Waals surface area contributed by atoms with Gasteiger partial charge in [-0.05, 0) is 31.0 Å². The summed E-state index contributed by atoms with van der Waals surface area (Å²) in [4.78, 5) is 21.9. The topological polar surface area (TPSA) is 89.7 Å². The quantitative estimate of drug-likeness (QED) is 0.470. The van der Waals surface area contributed by atoms with Crippen LogP contribution in [-0.2, 0) is 13.0 Å². The Hall–Kier alpha value is -2.89. The van der Waals surface area contributed by atoms with E-state index in [9.17, 15) is 20.0 Å². The van der Waals surface area contributed by atoms with Crippen molar-refractivity contribution in [1.82, 2.24) is 0 Å². The second-order valence-corrected chi connectivity index (χ2v) is 5.46. The van der Waals surface area contributed by atoms with Crippen LogP contribution in [0.5, 0.6) is 11.5 Å². The molecule has 0 aliphatic heterocycles. The van der Waals surface area contributed by atoms with E-state index in [1.807, 2.05) is 6.92 Å². The van der Waals surface area contributed by atoms with E-state index >= 15 is 0 Å². The van der Waals surface area contributed by atoms with Gasteiger partial charge in [-0.1, -0.05) is 25.5 Å². The second-order valence-electron chi connectivity index (χ2n) is 5.46. The molecule has 1 N–H and O–H groups in total. The van der Waals surface area contributed by atoms with Gasteiger partial charge in [-0.2, -0.15) is 0 Å². The van der Waals surface area contributed by atoms with Crippen molar-refractivity contribution in [2.24, 2.45) is 0 Å². The number of carbonyl (C=O) groups is 1. The summed E-state index contributed by atoms with van der Waals surface area (Å²) >= 11 is 0. The van der Waals surface area contributed by atoms with E-state index < -0.39 is 4.92 Å². The number of phenolic OH excluding ortho intramolecular Hbond substituents is 1. The van der Waals surface area contributed by atoms with Crippen molar-refractivity contribution < 1.29 is 19.6 Å². The summed E-state index contributed by atoms with van der Waals surface area (Å²) < 4.78 is 5.73. The minimum atomic E-state index is -0.459. The van der Waals surface area contributed by atoms with Crippen LogP contribution in [-0.4, -0.2) is 15.8 Å². The number of aromatic hydroxyl groups is 1. The van der Waals surface area contributed by atoms with Crippen LogP contribution >= 0.6 is 0 Å². The van der Waals surface area contributed by atoms with Crippen LogP contribution < -0.4 is 4.74 Å². The standard InChI is InChI=1S/C18H19NO5/c1-3-5-16-17(9-8-15(12(2)20)18(16)21)24-11-13-6-4-7-14(10-13)19(22)23/h4,6-10,21H,3,5,11H2,1-2H3. The molecule has 6 nitrogen and oxygen atoms in total. The lowest BCUT2D eigenvalue weighted by atomic mass is 10.0. The minimum absolute atomic E-state index is 0.000318. The van der Waals surface area contributed by atoms with E-state index in [4.69, 9.17) is 4.74 Å². The average Bonchev–Trinajstić information content (AvgIpc) is 2.55. The van der Waals surface area contributed by atoms with Crippen LogP contribution in [0.4, 0.5) is 5.69 Å². The molecule has 0 amide bonds. The third-order valence-electron chi connectivity index (χ3n) is 3.63. The number of non-ortho nitro benzene ring substituents is 1. The normalized spacial score (nSPS) is 10.4. The van der Waals surface area contributed by atoms with Crippen LogP contribution in [0.2, 0.25) is 0 Å². The Morgan fingerprint density at radius 3 is 2.67 bits per heavy atom. The number of phenols is 1. The first kappa shape index (κ1) is 17.5. The van der Waals surface area contributed by atoms with Gasteiger partial charge in [0.05, 0.1) is 10.5 Å². The molecule has 0 heterocycles. The van der Waals surface area contributed by atoms with Crippen molar-refractivity contribution in [1.29, 1.82) is 0 Å². The van der Waals surface area contributed by atoms with E-state index in [1.54, 1.807) is 18.2 Å². The minimum Gasteiger partial charge on any atom is -0.507 e. The number of carbonyl (C=O) groups excluding carboxylic acids is 1. The molecule has 0 bridgehead atoms. The molecule has 0 saturated heterocycles. The summed E-state index contributed by atoms with van der Waals surface area (Å²) in [6, 6.07) is 9.37. The molecule has 0 fully saturated rings. The zero-order valence-corrected chi connectivity index (χ0v) is 13.6. The molecule has 0 aromatic heterocycles. The number of hydrogen-bond donors (Lipinski definition) is 1. The predicted octanol–water partition coefficient (Wildman–Crippen LogP) is 4.03. The SMILES string of the molecule is CCCc1c(OCc2cccc([N+](=O)[O-])c2)ccc(C(C)=O)c1O. The summed E-state index contributed by atoms with van der Waals surface area (Å²) in [5.41, 5.74) is 1.50. The van der Waals surface area contributed by atoms with Crippen LogP contribution in [0.15, 0.2) is 36.4 Å². The smallest absolute Gasteiger partial charge is 0.269 e. The Morgan fingerprint density at radius 1 is 1.29 bits per heavy atom. The highest BCUT2D eigenvalue weighted by molar-refractivity contribution is 5.97. The van der Waals surface area contributed by atoms with E-state index in [0.717, 1.165) is 6.42 Å². The number of Topliss-reactive ketones (excluding diaryl/α,β-unsaturated/α-hetero) is 1. The maximum Gasteiger partial charge on any atom is 0.269 e. The maximum absolute atomic E-state index is 11.5. The fraction of sp³-hybridized carbons (Fsp3) is 0.278. The summed E-state index contributed by atoms with van der Waals surface area (Å²) in [6.07, 6.45) is 1.35. The van der Waals surface area contributed by atoms with E-state index in [0.29, 0.717) is 23.3 Å². The third-order valence-corrected chi connectivity index (χ3v) is 3.63. The van der Waals surface area contributed by atoms with Crippen molar-refractivity contribution in [3.8, 4) is 11.5 Å². The predicted molar refractivity (Wildman–Crippen MR) is 89.5 cm³/mol. The number of nitrogens with zero attached hydrogens (tertiary/aromatic N) is 1. The molecule has 24 heavy (non-hydrogen) atoms. The number of ketones is 1. The van der Waals surface area contributed by atoms with Gasteiger partial charge in [0.15, 0.2) is 5.78 Å². The van der Waals surface area contributed by atoms with Gasteiger partial charge in [0.2, 0.25) is 0 Å². The van der Waals surface area contributed by atoms with E-state index in [1.165, 1.54) is 25.1 Å². The van der Waals surface area contributed by atoms with Gasteiger partial charge in [-0.3, -0.25) is 14.9 Å². The molecule has 0 radical (unpaired) electrons. The van der Waals surface area contributed by atoms with Crippen molar-refractivity contribution in [2.75, 3.05) is 0 Å². The van der Waals surface area contributed by atoms with Gasteiger partial charge < -0.3 is 9.84 Å². The van der Waals surface area contributed by atoms with E-state index in [2.05, 4.69) is 0 Å². The summed E-state index contributed by atoms with van der Waals surface area (Å²) in [6.45, 7) is 3.50. The fourth-order valence-corrected chi connectivity index (χ4v) is 2.45. The van der Waals surface area contributed by atoms with Crippen LogP contribution in [0.3, 0.4) is 0 Å². The molecule has 2 rings (SSSR count). The van der Waals surface area contributed by atoms with Gasteiger partial charge in [0.25, 0.3) is 5.69 Å². The van der Waals surface area contributed by atoms with Crippen LogP contribution in [0.1, 0.15) is 41.8 Å². The molecular formula is C18H19NO5. The first-order chi connectivity index (χ1) is 11.4. The Bertz CT molecular complexity index is 770. The van der Waals surface area contributed by atoms with Gasteiger partial charge >= 0.3 is 0 Å². The summed E-state index contributed by atoms with van der Waals surface area (Å²) in [7, 11) is 0. The molecule has 0 aliphatic carbocycles. The maximum atomic E-state index is 11.5. The van der Waals surface area contributed by atoms with Gasteiger partial charge in [0, 0.05) is 17.7 Å². The molecular weight excluding hydrogens is 310 g/mol. The molecule has 126 valence electrons. The number of ether oxygens (including phenoxy) is 1. The number of nitro groups is 1. The highest BCUT2D eigenvalue weighted by atomic mass is 16.6. The van der Waals surface area contributed by atoms with Crippen LogP contribution in [0.25, 0.3) is 0 Å². The second kappa shape index (κ2) is 7.59. The molecule has 0 spiro atoms. The van der Waals surface area contributed by atoms with Crippen molar-refractivity contribution in [3.63, 3.8) is 0 Å². The number of benzene rings is 2. The molecule has 0 saturated carbocycles. The first-order valence-corrected chi connectivity index (χ1v) is 7.66. The van der Waals surface area contributed by atoms with Crippen molar-refractivity contribution in [2.45, 2.75) is 33.3 Å². The van der Waals surface area contributed by atoms with Gasteiger partial charge in [-0.15, -0.1) is 0 Å². The van der Waals surface area contributed by atoms with Gasteiger partial charge in [0.1, 0.15) is 18.1 Å². The lowest BCUT2D eigenvalue weighted by molar-refractivity contribution is -0.384. The monoisotopic (exact) mass is 329 g/mol. The first-order valence-electron chi connectivity index (χ1n) is 7.66. The van der Waals surface area contributed by atoms with E-state index in [-0.39, 0.29) is 29.4 Å². The number of hydrogen-bond acceptors (Lipinski definition) is 5. The number of rotatable bonds is 7. The Morgan fingerprint density at radius 2 is 2.04 bits per heavy atom. The van der Waals surface area contributed by atoms with Crippen molar-refractivity contribution >= 4 is 11.5 Å². The molecule has 0 unspecified atom stereocenters. The molecule has 0 atom stereocenters. The summed E-state index contributed by atoms with van der Waals surface area (Å²) in [5.74, 6) is 0.210. The van der Waals surface area contributed by atoms with Crippen molar-refractivity contribution in [3.05, 3.63) is 63.2 Å². The zero-order chi connectivity index (χ0) is 17.7. The third kappa shape index (κ3) is 3.90. The van der Waals surface area contributed by atoms with Crippen LogP contribution in [0, 0.1) is 10.1 Å². The molecule has 0 aliphatic rings. The Labute approximate surface area is 139 Å². The van der Waals surface area contributed by atoms with Gasteiger partial charge in [-0.25, -0.2) is 0 Å². The Balaban J connectivity index is 2.26. The fourth-order valence-electron chi connectivity index (χ4n) is 2.45. The number of nitro benzene ring substituents is 1. The summed E-state index contributed by atoms with van der Waals surface area (Å²) in [5, 5.41) is 21.1. The average molecular weight is 329 g/mol. The Kier molecular flexibility index (Phi) is 5.52. The lowest BCUT2D eigenvalue weighted by Crippen LogP contribution is -2.02. The zero-order valence-electron chi connectivity index (χ0n) is 13.6. The highest BCUT2D eigenvalue weighted by Gasteiger charge is 2.16.